The highest BCUT2D eigenvalue weighted by Gasteiger charge is 1.96. The molecule has 1 rings (SSSR count). The van der Waals surface area contributed by atoms with Crippen LogP contribution in [-0.2, 0) is 4.79 Å². The minimum Gasteiger partial charge on any atom is -0.494 e. The van der Waals surface area contributed by atoms with E-state index >= 15 is 0 Å². The molecular weight excluding hydrogens is 242 g/mol. The summed E-state index contributed by atoms with van der Waals surface area (Å²) >= 11 is 0. The van der Waals surface area contributed by atoms with Crippen molar-refractivity contribution < 1.29 is 14.6 Å². The van der Waals surface area contributed by atoms with Crippen molar-refractivity contribution in [2.45, 2.75) is 32.1 Å². The van der Waals surface area contributed by atoms with Crippen LogP contribution in [0.4, 0.5) is 0 Å². The molecule has 19 heavy (non-hydrogen) atoms. The summed E-state index contributed by atoms with van der Waals surface area (Å²) in [7, 11) is 0. The van der Waals surface area contributed by atoms with E-state index in [1.54, 1.807) is 0 Å². The maximum Gasteiger partial charge on any atom is 0.303 e. The first-order valence-electron chi connectivity index (χ1n) is 6.89. The number of hydrogen-bond acceptors (Lipinski definition) is 3. The Bertz CT molecular complexity index is 341. The van der Waals surface area contributed by atoms with Crippen LogP contribution in [0.3, 0.4) is 0 Å². The zero-order valence-corrected chi connectivity index (χ0v) is 11.3. The zero-order valence-electron chi connectivity index (χ0n) is 11.3. The molecule has 0 aliphatic rings. The molecule has 1 aromatic carbocycles. The number of benzene rings is 1. The van der Waals surface area contributed by atoms with Crippen molar-refractivity contribution in [3.05, 3.63) is 30.3 Å². The molecule has 2 N–H and O–H groups in total. The van der Waals surface area contributed by atoms with Crippen LogP contribution >= 0.6 is 0 Å². The van der Waals surface area contributed by atoms with Crippen LogP contribution in [0, 0.1) is 0 Å². The monoisotopic (exact) mass is 265 g/mol. The Labute approximate surface area is 114 Å². The lowest BCUT2D eigenvalue weighted by molar-refractivity contribution is -0.137. The maximum absolute atomic E-state index is 10.3. The Morgan fingerprint density at radius 2 is 1.79 bits per heavy atom. The standard InChI is InChI=1S/C15H23NO3/c17-15(18)10-5-2-6-11-16-12-7-13-19-14-8-3-1-4-9-14/h1,3-4,8-9,16H,2,5-7,10-13H2,(H,17,18). The van der Waals surface area contributed by atoms with Crippen molar-refractivity contribution in [3.8, 4) is 5.75 Å². The van der Waals surface area contributed by atoms with Crippen molar-refractivity contribution >= 4 is 5.97 Å². The van der Waals surface area contributed by atoms with Gasteiger partial charge in [0, 0.05) is 6.42 Å². The number of rotatable bonds is 11. The number of carboxylic acid groups (broad SMARTS) is 1. The van der Waals surface area contributed by atoms with E-state index in [4.69, 9.17) is 9.84 Å². The summed E-state index contributed by atoms with van der Waals surface area (Å²) in [5.41, 5.74) is 0. The Kier molecular flexibility index (Phi) is 8.47. The highest BCUT2D eigenvalue weighted by atomic mass is 16.5. The third-order valence-corrected chi connectivity index (χ3v) is 2.75. The van der Waals surface area contributed by atoms with E-state index < -0.39 is 5.97 Å². The molecule has 0 bridgehead atoms. The first-order chi connectivity index (χ1) is 9.29. The molecule has 0 radical (unpaired) electrons. The van der Waals surface area contributed by atoms with E-state index in [-0.39, 0.29) is 6.42 Å². The van der Waals surface area contributed by atoms with Gasteiger partial charge in [-0.15, -0.1) is 0 Å². The number of ether oxygens (including phenoxy) is 1. The molecule has 4 heteroatoms. The van der Waals surface area contributed by atoms with Crippen LogP contribution in [0.5, 0.6) is 5.75 Å². The first-order valence-corrected chi connectivity index (χ1v) is 6.89. The van der Waals surface area contributed by atoms with Gasteiger partial charge >= 0.3 is 5.97 Å². The van der Waals surface area contributed by atoms with Gasteiger partial charge in [0.25, 0.3) is 0 Å². The van der Waals surface area contributed by atoms with Gasteiger partial charge in [-0.05, 0) is 44.5 Å². The van der Waals surface area contributed by atoms with Crippen molar-refractivity contribution in [1.29, 1.82) is 0 Å². The smallest absolute Gasteiger partial charge is 0.303 e. The summed E-state index contributed by atoms with van der Waals surface area (Å²) < 4.78 is 5.57. The summed E-state index contributed by atoms with van der Waals surface area (Å²) in [4.78, 5) is 10.3. The molecule has 0 saturated carbocycles. The van der Waals surface area contributed by atoms with Crippen molar-refractivity contribution in [2.24, 2.45) is 0 Å². The number of carbonyl (C=O) groups is 1. The molecule has 0 spiro atoms. The molecule has 106 valence electrons. The average molecular weight is 265 g/mol. The molecule has 0 aliphatic heterocycles. The molecule has 0 heterocycles. The number of hydrogen-bond donors (Lipinski definition) is 2. The largest absolute Gasteiger partial charge is 0.494 e. The lowest BCUT2D eigenvalue weighted by Crippen LogP contribution is -2.18. The predicted molar refractivity (Wildman–Crippen MR) is 75.5 cm³/mol. The molecule has 0 atom stereocenters. The first kappa shape index (κ1) is 15.5. The quantitative estimate of drug-likeness (QED) is 0.604. The van der Waals surface area contributed by atoms with Gasteiger partial charge < -0.3 is 15.2 Å². The van der Waals surface area contributed by atoms with E-state index in [1.165, 1.54) is 0 Å². The van der Waals surface area contributed by atoms with Crippen LogP contribution in [-0.4, -0.2) is 30.8 Å². The van der Waals surface area contributed by atoms with Crippen LogP contribution in [0.15, 0.2) is 30.3 Å². The van der Waals surface area contributed by atoms with Crippen LogP contribution in [0.25, 0.3) is 0 Å². The highest BCUT2D eigenvalue weighted by Crippen LogP contribution is 2.08. The lowest BCUT2D eigenvalue weighted by atomic mass is 10.2. The fraction of sp³-hybridized carbons (Fsp3) is 0.533. The van der Waals surface area contributed by atoms with Crippen molar-refractivity contribution in [3.63, 3.8) is 0 Å². The second-order valence-corrected chi connectivity index (χ2v) is 4.47. The fourth-order valence-corrected chi connectivity index (χ4v) is 1.73. The summed E-state index contributed by atoms with van der Waals surface area (Å²) in [6.45, 7) is 2.60. The Morgan fingerprint density at radius 3 is 2.53 bits per heavy atom. The fourth-order valence-electron chi connectivity index (χ4n) is 1.73. The van der Waals surface area contributed by atoms with Gasteiger partial charge in [0.15, 0.2) is 0 Å². The molecule has 0 unspecified atom stereocenters. The van der Waals surface area contributed by atoms with Crippen LogP contribution < -0.4 is 10.1 Å². The second kappa shape index (κ2) is 10.4. The summed E-state index contributed by atoms with van der Waals surface area (Å²) in [6.07, 6.45) is 4.04. The highest BCUT2D eigenvalue weighted by molar-refractivity contribution is 5.66. The minimum absolute atomic E-state index is 0.283. The van der Waals surface area contributed by atoms with Gasteiger partial charge in [0.05, 0.1) is 6.61 Å². The van der Waals surface area contributed by atoms with Gasteiger partial charge in [-0.2, -0.15) is 0 Å². The number of carboxylic acids is 1. The van der Waals surface area contributed by atoms with E-state index in [0.29, 0.717) is 0 Å². The molecular formula is C15H23NO3. The van der Waals surface area contributed by atoms with Gasteiger partial charge in [0.2, 0.25) is 0 Å². The second-order valence-electron chi connectivity index (χ2n) is 4.47. The van der Waals surface area contributed by atoms with E-state index in [0.717, 1.165) is 51.1 Å². The van der Waals surface area contributed by atoms with Gasteiger partial charge in [-0.3, -0.25) is 4.79 Å². The summed E-state index contributed by atoms with van der Waals surface area (Å²) in [5.74, 6) is 0.210. The lowest BCUT2D eigenvalue weighted by Gasteiger charge is -2.07. The van der Waals surface area contributed by atoms with E-state index in [1.807, 2.05) is 30.3 Å². The van der Waals surface area contributed by atoms with E-state index in [2.05, 4.69) is 5.32 Å². The Hall–Kier alpha value is -1.55. The SMILES string of the molecule is O=C(O)CCCCCNCCCOc1ccccc1. The summed E-state index contributed by atoms with van der Waals surface area (Å²) in [5, 5.41) is 11.8. The molecule has 0 fully saturated rings. The van der Waals surface area contributed by atoms with E-state index in [9.17, 15) is 4.79 Å². The van der Waals surface area contributed by atoms with Crippen LogP contribution in [0.2, 0.25) is 0 Å². The normalized spacial score (nSPS) is 10.3. The molecule has 0 aliphatic carbocycles. The van der Waals surface area contributed by atoms with Gasteiger partial charge in [0.1, 0.15) is 5.75 Å². The predicted octanol–water partition coefficient (Wildman–Crippen LogP) is 2.69. The van der Waals surface area contributed by atoms with Crippen LogP contribution in [0.1, 0.15) is 32.1 Å². The summed E-state index contributed by atoms with van der Waals surface area (Å²) in [6, 6.07) is 9.81. The third-order valence-electron chi connectivity index (χ3n) is 2.75. The topological polar surface area (TPSA) is 58.6 Å². The number of para-hydroxylation sites is 1. The van der Waals surface area contributed by atoms with Crippen molar-refractivity contribution in [1.82, 2.24) is 5.32 Å². The third kappa shape index (κ3) is 9.08. The van der Waals surface area contributed by atoms with Gasteiger partial charge in [-0.1, -0.05) is 24.6 Å². The maximum atomic E-state index is 10.3. The number of nitrogens with one attached hydrogen (secondary N) is 1. The molecule has 0 saturated heterocycles. The van der Waals surface area contributed by atoms with Gasteiger partial charge in [-0.25, -0.2) is 0 Å². The Morgan fingerprint density at radius 1 is 1.05 bits per heavy atom. The molecule has 4 nitrogen and oxygen atoms in total. The minimum atomic E-state index is -0.703. The average Bonchev–Trinajstić information content (AvgIpc) is 2.42. The zero-order chi connectivity index (χ0) is 13.8. The Balaban J connectivity index is 1.83. The molecule has 0 amide bonds. The molecule has 1 aromatic rings. The molecule has 0 aromatic heterocycles. The van der Waals surface area contributed by atoms with Crippen molar-refractivity contribution in [2.75, 3.05) is 19.7 Å². The number of unbranched alkanes of at least 4 members (excludes halogenated alkanes) is 2. The number of aliphatic carboxylic acids is 1.